The highest BCUT2D eigenvalue weighted by Gasteiger charge is 2.18. The molecule has 0 unspecified atom stereocenters. The van der Waals surface area contributed by atoms with Gasteiger partial charge in [0.15, 0.2) is 14.9 Å². The van der Waals surface area contributed by atoms with Crippen LogP contribution < -0.4 is 5.32 Å². The van der Waals surface area contributed by atoms with Crippen molar-refractivity contribution in [3.8, 4) is 0 Å². The van der Waals surface area contributed by atoms with Crippen molar-refractivity contribution in [2.24, 2.45) is 0 Å². The first-order valence-electron chi connectivity index (χ1n) is 7.28. The second-order valence-electron chi connectivity index (χ2n) is 5.25. The summed E-state index contributed by atoms with van der Waals surface area (Å²) >= 11 is 0. The van der Waals surface area contributed by atoms with E-state index in [4.69, 9.17) is 0 Å². The lowest BCUT2D eigenvalue weighted by atomic mass is 10.0. The highest BCUT2D eigenvalue weighted by Crippen LogP contribution is 2.21. The molecule has 2 rings (SSSR count). The Hall–Kier alpha value is -2.28. The molecule has 0 aliphatic rings. The lowest BCUT2D eigenvalue weighted by molar-refractivity contribution is 0.0934. The molecule has 2 aromatic rings. The molecule has 0 radical (unpaired) electrons. The van der Waals surface area contributed by atoms with Crippen LogP contribution in [0, 0.1) is 0 Å². The molecular weight excluding hydrogens is 314 g/mol. The molecule has 0 spiro atoms. The molecule has 1 N–H and O–H groups in total. The van der Waals surface area contributed by atoms with Crippen molar-refractivity contribution in [2.45, 2.75) is 30.8 Å². The molecule has 1 atom stereocenters. The fourth-order valence-electron chi connectivity index (χ4n) is 2.20. The molecule has 0 aliphatic carbocycles. The lowest BCUT2D eigenvalue weighted by Crippen LogP contribution is -2.28. The maximum absolute atomic E-state index is 12.3. The number of hydrogen-bond donors (Lipinski definition) is 1. The van der Waals surface area contributed by atoms with Crippen LogP contribution in [0.15, 0.2) is 47.9 Å². The third-order valence-corrected chi connectivity index (χ3v) is 4.35. The number of pyridine rings is 2. The van der Waals surface area contributed by atoms with Gasteiger partial charge in [-0.3, -0.25) is 9.78 Å². The molecule has 0 saturated carbocycles. The number of nitrogens with zero attached hydrogens (tertiary/aromatic N) is 2. The van der Waals surface area contributed by atoms with Crippen LogP contribution in [0.1, 0.15) is 41.7 Å². The van der Waals surface area contributed by atoms with E-state index in [2.05, 4.69) is 15.3 Å². The van der Waals surface area contributed by atoms with Crippen molar-refractivity contribution in [2.75, 3.05) is 6.26 Å². The molecule has 2 heterocycles. The van der Waals surface area contributed by atoms with Gasteiger partial charge in [0.25, 0.3) is 5.91 Å². The number of hydrogen-bond acceptors (Lipinski definition) is 5. The average Bonchev–Trinajstić information content (AvgIpc) is 2.54. The van der Waals surface area contributed by atoms with Crippen LogP contribution in [0.25, 0.3) is 0 Å². The largest absolute Gasteiger partial charge is 0.345 e. The number of carbonyl (C=O) groups excluding carboxylic acids is 1. The summed E-state index contributed by atoms with van der Waals surface area (Å²) in [5, 5.41) is 2.95. The Balaban J connectivity index is 2.27. The lowest BCUT2D eigenvalue weighted by Gasteiger charge is -2.19. The standard InChI is InChI=1S/C16H19N3O3S/c1-3-4-14(19-16(20)12-5-8-17-9-6-12)13-7-10-18-15(11-13)23(2,21)22/h5-11,14H,3-4H2,1-2H3,(H,19,20)/t14-/m1/s1. The van der Waals surface area contributed by atoms with E-state index in [1.165, 1.54) is 12.3 Å². The summed E-state index contributed by atoms with van der Waals surface area (Å²) in [5.41, 5.74) is 1.24. The molecule has 0 aliphatic heterocycles. The zero-order chi connectivity index (χ0) is 16.9. The van der Waals surface area contributed by atoms with Crippen molar-refractivity contribution in [3.63, 3.8) is 0 Å². The zero-order valence-electron chi connectivity index (χ0n) is 13.1. The first-order chi connectivity index (χ1) is 10.9. The van der Waals surface area contributed by atoms with E-state index in [9.17, 15) is 13.2 Å². The second kappa shape index (κ2) is 7.32. The Morgan fingerprint density at radius 1 is 1.22 bits per heavy atom. The van der Waals surface area contributed by atoms with Gasteiger partial charge >= 0.3 is 0 Å². The van der Waals surface area contributed by atoms with E-state index >= 15 is 0 Å². The molecular formula is C16H19N3O3S. The highest BCUT2D eigenvalue weighted by molar-refractivity contribution is 7.90. The maximum atomic E-state index is 12.3. The molecule has 0 saturated heterocycles. The van der Waals surface area contributed by atoms with Gasteiger partial charge in [0.05, 0.1) is 6.04 Å². The Bertz CT molecular complexity index is 776. The van der Waals surface area contributed by atoms with Gasteiger partial charge in [0.2, 0.25) is 0 Å². The van der Waals surface area contributed by atoms with Crippen LogP contribution in [0.4, 0.5) is 0 Å². The van der Waals surface area contributed by atoms with Crippen molar-refractivity contribution in [1.29, 1.82) is 0 Å². The molecule has 6 nitrogen and oxygen atoms in total. The Kier molecular flexibility index (Phi) is 5.44. The predicted molar refractivity (Wildman–Crippen MR) is 86.7 cm³/mol. The van der Waals surface area contributed by atoms with E-state index in [1.807, 2.05) is 6.92 Å². The van der Waals surface area contributed by atoms with Gasteiger partial charge in [-0.05, 0) is 36.2 Å². The normalized spacial score (nSPS) is 12.6. The first kappa shape index (κ1) is 17.1. The van der Waals surface area contributed by atoms with Crippen LogP contribution in [0.5, 0.6) is 0 Å². The molecule has 2 aromatic heterocycles. The fourth-order valence-corrected chi connectivity index (χ4v) is 2.80. The Labute approximate surface area is 135 Å². The predicted octanol–water partition coefficient (Wildman–Crippen LogP) is 2.15. The van der Waals surface area contributed by atoms with Gasteiger partial charge < -0.3 is 5.32 Å². The molecule has 0 fully saturated rings. The second-order valence-corrected chi connectivity index (χ2v) is 7.21. The molecule has 1 amide bonds. The SMILES string of the molecule is CCC[C@@H](NC(=O)c1ccncc1)c1ccnc(S(C)(=O)=O)c1. The summed E-state index contributed by atoms with van der Waals surface area (Å²) in [6, 6.07) is 6.23. The minimum absolute atomic E-state index is 0.00858. The third kappa shape index (κ3) is 4.59. The van der Waals surface area contributed by atoms with Gasteiger partial charge in [-0.25, -0.2) is 13.4 Å². The van der Waals surface area contributed by atoms with Crippen molar-refractivity contribution < 1.29 is 13.2 Å². The third-order valence-electron chi connectivity index (χ3n) is 3.37. The van der Waals surface area contributed by atoms with E-state index in [0.717, 1.165) is 18.2 Å². The van der Waals surface area contributed by atoms with E-state index < -0.39 is 9.84 Å². The number of carbonyl (C=O) groups is 1. The first-order valence-corrected chi connectivity index (χ1v) is 9.18. The van der Waals surface area contributed by atoms with E-state index in [1.54, 1.807) is 30.6 Å². The van der Waals surface area contributed by atoms with Crippen LogP contribution >= 0.6 is 0 Å². The van der Waals surface area contributed by atoms with Crippen LogP contribution in [-0.4, -0.2) is 30.5 Å². The molecule has 122 valence electrons. The van der Waals surface area contributed by atoms with E-state index in [-0.39, 0.29) is 17.0 Å². The summed E-state index contributed by atoms with van der Waals surface area (Å²) in [6.45, 7) is 2.00. The van der Waals surface area contributed by atoms with E-state index in [0.29, 0.717) is 12.0 Å². The Morgan fingerprint density at radius 3 is 2.52 bits per heavy atom. The van der Waals surface area contributed by atoms with Crippen molar-refractivity contribution >= 4 is 15.7 Å². The number of rotatable bonds is 6. The van der Waals surface area contributed by atoms with Crippen molar-refractivity contribution in [3.05, 3.63) is 54.0 Å². The minimum Gasteiger partial charge on any atom is -0.345 e. The minimum atomic E-state index is -3.39. The topological polar surface area (TPSA) is 89.0 Å². The van der Waals surface area contributed by atoms with Crippen LogP contribution in [0.3, 0.4) is 0 Å². The Morgan fingerprint density at radius 2 is 1.91 bits per heavy atom. The number of aromatic nitrogens is 2. The van der Waals surface area contributed by atoms with Gasteiger partial charge in [0.1, 0.15) is 0 Å². The molecule has 0 aromatic carbocycles. The summed E-state index contributed by atoms with van der Waals surface area (Å²) in [7, 11) is -3.39. The number of nitrogens with one attached hydrogen (secondary N) is 1. The summed E-state index contributed by atoms with van der Waals surface area (Å²) in [6.07, 6.45) is 7.22. The number of sulfone groups is 1. The van der Waals surface area contributed by atoms with Crippen LogP contribution in [-0.2, 0) is 9.84 Å². The van der Waals surface area contributed by atoms with Crippen molar-refractivity contribution in [1.82, 2.24) is 15.3 Å². The summed E-state index contributed by atoms with van der Waals surface area (Å²) < 4.78 is 23.3. The zero-order valence-corrected chi connectivity index (χ0v) is 13.9. The van der Waals surface area contributed by atoms with Gasteiger partial charge in [-0.15, -0.1) is 0 Å². The van der Waals surface area contributed by atoms with Gasteiger partial charge in [-0.2, -0.15) is 0 Å². The highest BCUT2D eigenvalue weighted by atomic mass is 32.2. The molecule has 23 heavy (non-hydrogen) atoms. The molecule has 7 heteroatoms. The van der Waals surface area contributed by atoms with Gasteiger partial charge in [0, 0.05) is 30.4 Å². The number of amides is 1. The molecule has 0 bridgehead atoms. The average molecular weight is 333 g/mol. The fraction of sp³-hybridized carbons (Fsp3) is 0.312. The maximum Gasteiger partial charge on any atom is 0.251 e. The quantitative estimate of drug-likeness (QED) is 0.875. The monoisotopic (exact) mass is 333 g/mol. The smallest absolute Gasteiger partial charge is 0.251 e. The van der Waals surface area contributed by atoms with Gasteiger partial charge in [-0.1, -0.05) is 13.3 Å². The van der Waals surface area contributed by atoms with Crippen LogP contribution in [0.2, 0.25) is 0 Å². The summed E-state index contributed by atoms with van der Waals surface area (Å²) in [5.74, 6) is -0.219. The summed E-state index contributed by atoms with van der Waals surface area (Å²) in [4.78, 5) is 20.1.